The average molecular weight is 573 g/mol. The highest BCUT2D eigenvalue weighted by Gasteiger charge is 2.26. The van der Waals surface area contributed by atoms with E-state index >= 15 is 0 Å². The number of hydrogen-bond donors (Lipinski definition) is 2. The standard InChI is InChI=1S/C31H30F2N6O3/c32-25-16-24(17-26(33)19-25)31(42)39-14-12-37(13-15-39)28-7-6-23(30(41)38-10-1-8-35-9-11-38)18-27(28)36-29(40)22-4-2-21(20-34)3-5-22/h2-7,16-19,35H,1,8-15H2,(H,36,40). The summed E-state index contributed by atoms with van der Waals surface area (Å²) < 4.78 is 27.4. The van der Waals surface area contributed by atoms with Gasteiger partial charge in [-0.1, -0.05) is 0 Å². The second-order valence-electron chi connectivity index (χ2n) is 10.2. The molecule has 11 heteroatoms. The van der Waals surface area contributed by atoms with Gasteiger partial charge in [-0.2, -0.15) is 5.26 Å². The molecule has 3 aromatic rings. The molecule has 2 N–H and O–H groups in total. The summed E-state index contributed by atoms with van der Waals surface area (Å²) in [6, 6.07) is 16.2. The van der Waals surface area contributed by atoms with Crippen molar-refractivity contribution in [2.45, 2.75) is 6.42 Å². The molecular formula is C31H30F2N6O3. The van der Waals surface area contributed by atoms with Crippen LogP contribution in [0.3, 0.4) is 0 Å². The number of rotatable bonds is 5. The molecule has 0 aromatic heterocycles. The van der Waals surface area contributed by atoms with E-state index in [1.54, 1.807) is 47.4 Å². The molecule has 0 bridgehead atoms. The van der Waals surface area contributed by atoms with Gasteiger partial charge in [0.25, 0.3) is 17.7 Å². The van der Waals surface area contributed by atoms with E-state index in [1.165, 1.54) is 4.90 Å². The van der Waals surface area contributed by atoms with Gasteiger partial charge in [-0.05, 0) is 67.6 Å². The van der Waals surface area contributed by atoms with Crippen molar-refractivity contribution in [3.05, 3.63) is 94.6 Å². The molecule has 2 heterocycles. The third-order valence-corrected chi connectivity index (χ3v) is 7.41. The van der Waals surface area contributed by atoms with Gasteiger partial charge in [0, 0.05) is 68.6 Å². The molecule has 0 unspecified atom stereocenters. The van der Waals surface area contributed by atoms with Crippen LogP contribution in [0.5, 0.6) is 0 Å². The summed E-state index contributed by atoms with van der Waals surface area (Å²) in [7, 11) is 0. The fourth-order valence-corrected chi connectivity index (χ4v) is 5.18. The first-order valence-electron chi connectivity index (χ1n) is 13.8. The number of carbonyl (C=O) groups is 3. The lowest BCUT2D eigenvalue weighted by Gasteiger charge is -2.37. The Kier molecular flexibility index (Phi) is 8.74. The normalized spacial score (nSPS) is 15.5. The van der Waals surface area contributed by atoms with Gasteiger partial charge in [-0.3, -0.25) is 14.4 Å². The Morgan fingerprint density at radius 3 is 2.07 bits per heavy atom. The van der Waals surface area contributed by atoms with Crippen molar-refractivity contribution in [2.75, 3.05) is 62.6 Å². The highest BCUT2D eigenvalue weighted by Crippen LogP contribution is 2.30. The monoisotopic (exact) mass is 572 g/mol. The number of nitrogens with one attached hydrogen (secondary N) is 2. The van der Waals surface area contributed by atoms with Crippen molar-refractivity contribution in [3.63, 3.8) is 0 Å². The summed E-state index contributed by atoms with van der Waals surface area (Å²) in [5.74, 6) is -2.62. The van der Waals surface area contributed by atoms with Crippen LogP contribution >= 0.6 is 0 Å². The molecule has 0 spiro atoms. The Bertz CT molecular complexity index is 1500. The predicted octanol–water partition coefficient (Wildman–Crippen LogP) is 3.49. The van der Waals surface area contributed by atoms with Crippen LogP contribution in [-0.2, 0) is 0 Å². The summed E-state index contributed by atoms with van der Waals surface area (Å²) in [6.07, 6.45) is 0.845. The Hall–Kier alpha value is -4.82. The second-order valence-corrected chi connectivity index (χ2v) is 10.2. The topological polar surface area (TPSA) is 109 Å². The minimum absolute atomic E-state index is 0.0529. The van der Waals surface area contributed by atoms with E-state index < -0.39 is 23.4 Å². The highest BCUT2D eigenvalue weighted by molar-refractivity contribution is 6.07. The summed E-state index contributed by atoms with van der Waals surface area (Å²) in [6.45, 7) is 4.14. The number of amides is 3. The van der Waals surface area contributed by atoms with Crippen LogP contribution in [0.4, 0.5) is 20.2 Å². The lowest BCUT2D eigenvalue weighted by molar-refractivity contribution is 0.0743. The fourth-order valence-electron chi connectivity index (χ4n) is 5.18. The average Bonchev–Trinajstić information content (AvgIpc) is 3.30. The first-order chi connectivity index (χ1) is 20.3. The van der Waals surface area contributed by atoms with E-state index in [2.05, 4.69) is 10.6 Å². The van der Waals surface area contributed by atoms with Gasteiger partial charge >= 0.3 is 0 Å². The molecule has 9 nitrogen and oxygen atoms in total. The summed E-state index contributed by atoms with van der Waals surface area (Å²) in [5.41, 5.74) is 2.29. The van der Waals surface area contributed by atoms with Crippen LogP contribution in [0.25, 0.3) is 0 Å². The van der Waals surface area contributed by atoms with Gasteiger partial charge in [-0.25, -0.2) is 8.78 Å². The van der Waals surface area contributed by atoms with E-state index in [1.807, 2.05) is 11.0 Å². The van der Waals surface area contributed by atoms with Gasteiger partial charge in [0.1, 0.15) is 11.6 Å². The van der Waals surface area contributed by atoms with Crippen LogP contribution < -0.4 is 15.5 Å². The maximum Gasteiger partial charge on any atom is 0.255 e. The van der Waals surface area contributed by atoms with E-state index in [4.69, 9.17) is 5.26 Å². The van der Waals surface area contributed by atoms with Crippen LogP contribution in [0, 0.1) is 23.0 Å². The lowest BCUT2D eigenvalue weighted by Crippen LogP contribution is -2.49. The van der Waals surface area contributed by atoms with E-state index in [0.29, 0.717) is 73.9 Å². The number of nitriles is 1. The molecule has 0 radical (unpaired) electrons. The Labute approximate surface area is 242 Å². The van der Waals surface area contributed by atoms with Crippen molar-refractivity contribution in [1.29, 1.82) is 5.26 Å². The number of hydrogen-bond acceptors (Lipinski definition) is 6. The molecule has 2 saturated heterocycles. The summed E-state index contributed by atoms with van der Waals surface area (Å²) in [5, 5.41) is 15.3. The molecule has 42 heavy (non-hydrogen) atoms. The molecular weight excluding hydrogens is 542 g/mol. The maximum absolute atomic E-state index is 13.7. The molecule has 2 aliphatic rings. The molecule has 0 saturated carbocycles. The zero-order chi connectivity index (χ0) is 29.6. The summed E-state index contributed by atoms with van der Waals surface area (Å²) >= 11 is 0. The van der Waals surface area contributed by atoms with Crippen LogP contribution in [0.15, 0.2) is 60.7 Å². The van der Waals surface area contributed by atoms with Gasteiger partial charge in [0.05, 0.1) is 23.0 Å². The van der Waals surface area contributed by atoms with Gasteiger partial charge in [-0.15, -0.1) is 0 Å². The van der Waals surface area contributed by atoms with E-state index in [-0.39, 0.29) is 11.5 Å². The third kappa shape index (κ3) is 6.56. The first-order valence-corrected chi connectivity index (χ1v) is 13.8. The van der Waals surface area contributed by atoms with Crippen molar-refractivity contribution < 1.29 is 23.2 Å². The summed E-state index contributed by atoms with van der Waals surface area (Å²) in [4.78, 5) is 44.8. The van der Waals surface area contributed by atoms with Gasteiger partial charge in [0.2, 0.25) is 0 Å². The zero-order valence-electron chi connectivity index (χ0n) is 22.9. The number of piperazine rings is 1. The second kappa shape index (κ2) is 12.8. The predicted molar refractivity (Wildman–Crippen MR) is 153 cm³/mol. The fraction of sp³-hybridized carbons (Fsp3) is 0.290. The van der Waals surface area contributed by atoms with Crippen LogP contribution in [0.2, 0.25) is 0 Å². The van der Waals surface area contributed by atoms with Crippen LogP contribution in [0.1, 0.15) is 43.1 Å². The lowest BCUT2D eigenvalue weighted by atomic mass is 10.1. The van der Waals surface area contributed by atoms with Crippen molar-refractivity contribution in [3.8, 4) is 6.07 Å². The van der Waals surface area contributed by atoms with Crippen molar-refractivity contribution in [2.24, 2.45) is 0 Å². The highest BCUT2D eigenvalue weighted by atomic mass is 19.1. The smallest absolute Gasteiger partial charge is 0.255 e. The minimum atomic E-state index is -0.814. The third-order valence-electron chi connectivity index (χ3n) is 7.41. The van der Waals surface area contributed by atoms with E-state index in [0.717, 1.165) is 31.2 Å². The Balaban J connectivity index is 1.37. The van der Waals surface area contributed by atoms with Crippen molar-refractivity contribution >= 4 is 29.1 Å². The molecule has 2 fully saturated rings. The maximum atomic E-state index is 13.7. The van der Waals surface area contributed by atoms with Gasteiger partial charge in [0.15, 0.2) is 0 Å². The number of carbonyl (C=O) groups excluding carboxylic acids is 3. The van der Waals surface area contributed by atoms with E-state index in [9.17, 15) is 23.2 Å². The molecule has 2 aliphatic heterocycles. The number of halogens is 2. The first kappa shape index (κ1) is 28.7. The molecule has 216 valence electrons. The molecule has 5 rings (SSSR count). The molecule has 0 aliphatic carbocycles. The largest absolute Gasteiger partial charge is 0.366 e. The number of nitrogens with zero attached hydrogens (tertiary/aromatic N) is 4. The Morgan fingerprint density at radius 1 is 0.738 bits per heavy atom. The van der Waals surface area contributed by atoms with Crippen LogP contribution in [-0.4, -0.2) is 79.9 Å². The van der Waals surface area contributed by atoms with Crippen molar-refractivity contribution in [1.82, 2.24) is 15.1 Å². The number of anilines is 2. The number of benzene rings is 3. The molecule has 3 aromatic carbocycles. The molecule has 3 amide bonds. The van der Waals surface area contributed by atoms with Gasteiger partial charge < -0.3 is 25.3 Å². The Morgan fingerprint density at radius 2 is 1.38 bits per heavy atom. The SMILES string of the molecule is N#Cc1ccc(C(=O)Nc2cc(C(=O)N3CCCNCC3)ccc2N2CCN(C(=O)c3cc(F)cc(F)c3)CC2)cc1. The minimum Gasteiger partial charge on any atom is -0.366 e. The molecule has 0 atom stereocenters. The quantitative estimate of drug-likeness (QED) is 0.485. The zero-order valence-corrected chi connectivity index (χ0v) is 22.9.